The van der Waals surface area contributed by atoms with E-state index in [1.54, 1.807) is 20.8 Å². The van der Waals surface area contributed by atoms with Gasteiger partial charge in [-0.05, 0) is 26.7 Å². The fourth-order valence-corrected chi connectivity index (χ4v) is 1.46. The third-order valence-corrected chi connectivity index (χ3v) is 2.35. The van der Waals surface area contributed by atoms with Crippen LogP contribution in [-0.4, -0.2) is 43.1 Å². The maximum Gasteiger partial charge on any atom is 0.323 e. The summed E-state index contributed by atoms with van der Waals surface area (Å²) in [7, 11) is 1.29. The lowest BCUT2D eigenvalue weighted by Crippen LogP contribution is -2.52. The number of methoxy groups -OCH3 is 1. The number of urea groups is 1. The fourth-order valence-electron chi connectivity index (χ4n) is 1.46. The van der Waals surface area contributed by atoms with Gasteiger partial charge >= 0.3 is 12.0 Å². The molecule has 3 N–H and O–H groups in total. The minimum atomic E-state index is -0.587. The Balaban J connectivity index is 4.27. The molecule has 0 heterocycles. The van der Waals surface area contributed by atoms with Gasteiger partial charge in [0.1, 0.15) is 6.04 Å². The van der Waals surface area contributed by atoms with Crippen LogP contribution in [0.3, 0.4) is 0 Å². The number of hydrogen-bond donors (Lipinski definition) is 3. The van der Waals surface area contributed by atoms with E-state index in [-0.39, 0.29) is 12.5 Å². The van der Waals surface area contributed by atoms with Crippen molar-refractivity contribution in [3.8, 4) is 0 Å². The minimum Gasteiger partial charge on any atom is -0.468 e. The van der Waals surface area contributed by atoms with Crippen molar-refractivity contribution in [2.75, 3.05) is 13.7 Å². The summed E-state index contributed by atoms with van der Waals surface area (Å²) < 4.78 is 4.64. The first kappa shape index (κ1) is 18.4. The number of carbonyl (C=O) groups is 3. The summed E-state index contributed by atoms with van der Waals surface area (Å²) in [6, 6.07) is -1.15. The van der Waals surface area contributed by atoms with Crippen molar-refractivity contribution in [3.05, 3.63) is 0 Å². The molecule has 3 amide bonds. The van der Waals surface area contributed by atoms with E-state index in [4.69, 9.17) is 0 Å². The molecular weight excluding hydrogens is 262 g/mol. The van der Waals surface area contributed by atoms with E-state index in [0.717, 1.165) is 0 Å². The van der Waals surface area contributed by atoms with Gasteiger partial charge in [-0.1, -0.05) is 13.8 Å². The first-order valence-electron chi connectivity index (χ1n) is 6.50. The highest BCUT2D eigenvalue weighted by Gasteiger charge is 2.23. The summed E-state index contributed by atoms with van der Waals surface area (Å²) in [5.41, 5.74) is -0.426. The van der Waals surface area contributed by atoms with E-state index in [1.165, 1.54) is 7.11 Å². The molecular formula is C13H25N3O4. The number of imide groups is 1. The summed E-state index contributed by atoms with van der Waals surface area (Å²) in [6.45, 7) is 8.94. The molecule has 0 aromatic heterocycles. The van der Waals surface area contributed by atoms with Gasteiger partial charge in [0.2, 0.25) is 5.91 Å². The maximum atomic E-state index is 11.6. The van der Waals surface area contributed by atoms with Gasteiger partial charge in [0.25, 0.3) is 0 Å². The van der Waals surface area contributed by atoms with Crippen LogP contribution in [0.2, 0.25) is 0 Å². The first-order valence-corrected chi connectivity index (χ1v) is 6.50. The van der Waals surface area contributed by atoms with E-state index >= 15 is 0 Å². The van der Waals surface area contributed by atoms with Crippen LogP contribution in [0.1, 0.15) is 34.6 Å². The molecule has 0 aliphatic rings. The number of amides is 3. The average molecular weight is 287 g/mol. The average Bonchev–Trinajstić information content (AvgIpc) is 2.25. The highest BCUT2D eigenvalue weighted by atomic mass is 16.5. The Labute approximate surface area is 119 Å². The molecule has 1 atom stereocenters. The van der Waals surface area contributed by atoms with E-state index in [2.05, 4.69) is 20.7 Å². The molecule has 7 heteroatoms. The molecule has 0 saturated heterocycles. The molecule has 7 nitrogen and oxygen atoms in total. The number of esters is 1. The predicted molar refractivity (Wildman–Crippen MR) is 75.1 cm³/mol. The number of ether oxygens (including phenoxy) is 1. The third kappa shape index (κ3) is 7.73. The zero-order valence-corrected chi connectivity index (χ0v) is 13.0. The highest BCUT2D eigenvalue weighted by Crippen LogP contribution is 2.03. The lowest BCUT2D eigenvalue weighted by atomic mass is 10.0. The van der Waals surface area contributed by atoms with Crippen molar-refractivity contribution < 1.29 is 19.1 Å². The molecule has 0 rings (SSSR count). The number of hydrogen-bond acceptors (Lipinski definition) is 5. The molecule has 0 saturated carbocycles. The quantitative estimate of drug-likeness (QED) is 0.636. The second kappa shape index (κ2) is 7.84. The molecule has 1 unspecified atom stereocenters. The smallest absolute Gasteiger partial charge is 0.323 e. The third-order valence-electron chi connectivity index (χ3n) is 2.35. The van der Waals surface area contributed by atoms with E-state index < -0.39 is 29.5 Å². The molecule has 0 fully saturated rings. The Bertz CT molecular complexity index is 361. The fraction of sp³-hybridized carbons (Fsp3) is 0.769. The maximum absolute atomic E-state index is 11.6. The van der Waals surface area contributed by atoms with Gasteiger partial charge in [0.15, 0.2) is 0 Å². The predicted octanol–water partition coefficient (Wildman–Crippen LogP) is 0.398. The van der Waals surface area contributed by atoms with Crippen LogP contribution in [-0.2, 0) is 14.3 Å². The summed E-state index contributed by atoms with van der Waals surface area (Å²) in [5.74, 6) is -0.980. The van der Waals surface area contributed by atoms with Gasteiger partial charge in [-0.3, -0.25) is 20.2 Å². The topological polar surface area (TPSA) is 96.5 Å². The zero-order valence-electron chi connectivity index (χ0n) is 13.0. The molecule has 0 aromatic carbocycles. The summed E-state index contributed by atoms with van der Waals surface area (Å²) in [5, 5.41) is 7.56. The second-order valence-electron chi connectivity index (χ2n) is 5.88. The largest absolute Gasteiger partial charge is 0.468 e. The van der Waals surface area contributed by atoms with Crippen LogP contribution in [0, 0.1) is 5.92 Å². The van der Waals surface area contributed by atoms with Crippen LogP contribution in [0.25, 0.3) is 0 Å². The molecule has 0 aliphatic carbocycles. The molecule has 116 valence electrons. The summed E-state index contributed by atoms with van der Waals surface area (Å²) in [4.78, 5) is 34.5. The van der Waals surface area contributed by atoms with Crippen LogP contribution in [0.5, 0.6) is 0 Å². The number of rotatable bonds is 5. The lowest BCUT2D eigenvalue weighted by molar-refractivity contribution is -0.144. The zero-order chi connectivity index (χ0) is 15.9. The normalized spacial score (nSPS) is 12.8. The van der Waals surface area contributed by atoms with Crippen molar-refractivity contribution in [1.29, 1.82) is 0 Å². The van der Waals surface area contributed by atoms with Gasteiger partial charge in [-0.25, -0.2) is 4.79 Å². The lowest BCUT2D eigenvalue weighted by Gasteiger charge is -2.21. The molecule has 0 aromatic rings. The Kier molecular flexibility index (Phi) is 7.20. The van der Waals surface area contributed by atoms with E-state index in [0.29, 0.717) is 0 Å². The molecule has 0 radical (unpaired) electrons. The number of nitrogens with one attached hydrogen (secondary N) is 3. The molecule has 20 heavy (non-hydrogen) atoms. The van der Waals surface area contributed by atoms with Crippen molar-refractivity contribution in [1.82, 2.24) is 16.0 Å². The molecule has 0 spiro atoms. The SMILES string of the molecule is COC(=O)C(NCC(=O)NC(=O)NC(C)(C)C)C(C)C. The summed E-state index contributed by atoms with van der Waals surface area (Å²) >= 11 is 0. The monoisotopic (exact) mass is 287 g/mol. The van der Waals surface area contributed by atoms with Crippen LogP contribution < -0.4 is 16.0 Å². The molecule has 0 bridgehead atoms. The van der Waals surface area contributed by atoms with Crippen molar-refractivity contribution in [3.63, 3.8) is 0 Å². The minimum absolute atomic E-state index is 0.0290. The standard InChI is InChI=1S/C13H25N3O4/c1-8(2)10(11(18)20-6)14-7-9(17)15-12(19)16-13(3,4)5/h8,10,14H,7H2,1-6H3,(H2,15,16,17,19). The van der Waals surface area contributed by atoms with Crippen molar-refractivity contribution in [2.24, 2.45) is 5.92 Å². The first-order chi connectivity index (χ1) is 9.06. The summed E-state index contributed by atoms with van der Waals surface area (Å²) in [6.07, 6.45) is 0. The Hall–Kier alpha value is -1.63. The second-order valence-corrected chi connectivity index (χ2v) is 5.88. The number of carbonyl (C=O) groups excluding carboxylic acids is 3. The van der Waals surface area contributed by atoms with Crippen molar-refractivity contribution >= 4 is 17.9 Å². The highest BCUT2D eigenvalue weighted by molar-refractivity contribution is 5.95. The Morgan fingerprint density at radius 1 is 1.15 bits per heavy atom. The Morgan fingerprint density at radius 2 is 1.70 bits per heavy atom. The van der Waals surface area contributed by atoms with Gasteiger partial charge in [0, 0.05) is 5.54 Å². The van der Waals surface area contributed by atoms with E-state index in [1.807, 2.05) is 13.8 Å². The van der Waals surface area contributed by atoms with Crippen LogP contribution >= 0.6 is 0 Å². The van der Waals surface area contributed by atoms with Crippen LogP contribution in [0.4, 0.5) is 4.79 Å². The van der Waals surface area contributed by atoms with E-state index in [9.17, 15) is 14.4 Å². The van der Waals surface area contributed by atoms with Gasteiger partial charge < -0.3 is 10.1 Å². The van der Waals surface area contributed by atoms with Crippen LogP contribution in [0.15, 0.2) is 0 Å². The van der Waals surface area contributed by atoms with Gasteiger partial charge in [0.05, 0.1) is 13.7 Å². The van der Waals surface area contributed by atoms with Gasteiger partial charge in [-0.2, -0.15) is 0 Å². The van der Waals surface area contributed by atoms with Crippen molar-refractivity contribution in [2.45, 2.75) is 46.2 Å². The molecule has 0 aliphatic heterocycles. The Morgan fingerprint density at radius 3 is 2.10 bits per heavy atom. The van der Waals surface area contributed by atoms with Gasteiger partial charge in [-0.15, -0.1) is 0 Å².